The molecule has 0 radical (unpaired) electrons. The molecule has 0 bridgehead atoms. The van der Waals surface area contributed by atoms with Crippen molar-refractivity contribution in [2.45, 2.75) is 59.3 Å². The summed E-state index contributed by atoms with van der Waals surface area (Å²) in [6.07, 6.45) is 0. The Morgan fingerprint density at radius 2 is 1.45 bits per heavy atom. The van der Waals surface area contributed by atoms with E-state index < -0.39 is 0 Å². The van der Waals surface area contributed by atoms with Gasteiger partial charge in [-0.05, 0) is 53.1 Å². The van der Waals surface area contributed by atoms with Gasteiger partial charge >= 0.3 is 0 Å². The predicted molar refractivity (Wildman–Crippen MR) is 139 cm³/mol. The smallest absolute Gasteiger partial charge is 0.127 e. The van der Waals surface area contributed by atoms with Crippen LogP contribution in [0.2, 0.25) is 0 Å². The zero-order valence-corrected chi connectivity index (χ0v) is 21.2. The summed E-state index contributed by atoms with van der Waals surface area (Å²) in [5.41, 5.74) is 5.77. The lowest BCUT2D eigenvalue weighted by Crippen LogP contribution is -2.23. The van der Waals surface area contributed by atoms with E-state index in [1.165, 1.54) is 22.1 Å². The normalized spacial score (nSPS) is 12.5. The van der Waals surface area contributed by atoms with Crippen LogP contribution in [0.5, 0.6) is 5.75 Å². The highest BCUT2D eigenvalue weighted by Gasteiger charge is 2.25. The minimum Gasteiger partial charge on any atom is -0.507 e. The third-order valence-corrected chi connectivity index (χ3v) is 7.35. The van der Waals surface area contributed by atoms with Crippen molar-refractivity contribution < 1.29 is 5.11 Å². The second kappa shape index (κ2) is 8.67. The maximum atomic E-state index is 11.3. The van der Waals surface area contributed by atoms with E-state index in [-0.39, 0.29) is 10.8 Å². The fraction of sp³-hybridized carbons (Fsp3) is 0.357. The van der Waals surface area contributed by atoms with E-state index >= 15 is 0 Å². The fourth-order valence-electron chi connectivity index (χ4n) is 3.75. The molecule has 3 heteroatoms. The summed E-state index contributed by atoms with van der Waals surface area (Å²) in [6.45, 7) is 15.4. The number of hydrogen-bond donors (Lipinski definition) is 1. The van der Waals surface area contributed by atoms with Crippen LogP contribution >= 0.6 is 8.58 Å². The van der Waals surface area contributed by atoms with E-state index in [0.717, 1.165) is 16.6 Å². The Morgan fingerprint density at radius 3 is 2.03 bits per heavy atom. The van der Waals surface area contributed by atoms with Crippen LogP contribution in [0, 0.1) is 6.92 Å². The van der Waals surface area contributed by atoms with E-state index in [0.29, 0.717) is 14.3 Å². The second-order valence-corrected chi connectivity index (χ2v) is 11.7. The highest BCUT2D eigenvalue weighted by atomic mass is 31.1. The van der Waals surface area contributed by atoms with E-state index in [9.17, 15) is 5.11 Å². The molecule has 0 heterocycles. The molecule has 0 saturated carbocycles. The molecule has 0 spiro atoms. The number of nitrogens with zero attached hydrogens (tertiary/aromatic N) is 1. The van der Waals surface area contributed by atoms with Gasteiger partial charge in [0, 0.05) is 34.6 Å². The van der Waals surface area contributed by atoms with Crippen molar-refractivity contribution in [2.24, 2.45) is 0 Å². The van der Waals surface area contributed by atoms with Crippen LogP contribution < -0.4 is 15.5 Å². The van der Waals surface area contributed by atoms with Gasteiger partial charge in [0.05, 0.1) is 0 Å². The van der Waals surface area contributed by atoms with Crippen molar-refractivity contribution in [3.05, 3.63) is 77.4 Å². The van der Waals surface area contributed by atoms with E-state index in [4.69, 9.17) is 0 Å². The standard InChI is InChI=1S/C28H36NOP/c1-19-13-12-16-23(29(8)21-14-10-9-11-15-21)26(19)31-24-18-20(27(2,3)4)17-22(25(24)30)28(5,6)7/h9-18,30-31H,1-8H3. The largest absolute Gasteiger partial charge is 0.507 e. The van der Waals surface area contributed by atoms with Crippen molar-refractivity contribution in [1.29, 1.82) is 0 Å². The van der Waals surface area contributed by atoms with Gasteiger partial charge in [0.15, 0.2) is 0 Å². The van der Waals surface area contributed by atoms with Crippen LogP contribution in [0.4, 0.5) is 11.4 Å². The van der Waals surface area contributed by atoms with Crippen LogP contribution in [0.3, 0.4) is 0 Å². The van der Waals surface area contributed by atoms with Crippen molar-refractivity contribution >= 4 is 30.6 Å². The molecule has 164 valence electrons. The van der Waals surface area contributed by atoms with Crippen molar-refractivity contribution in [3.8, 4) is 5.75 Å². The Balaban J connectivity index is 2.15. The fourth-order valence-corrected chi connectivity index (χ4v) is 5.16. The van der Waals surface area contributed by atoms with Gasteiger partial charge in [-0.25, -0.2) is 0 Å². The van der Waals surface area contributed by atoms with Crippen molar-refractivity contribution in [2.75, 3.05) is 11.9 Å². The van der Waals surface area contributed by atoms with Crippen LogP contribution in [0.25, 0.3) is 0 Å². The third-order valence-electron chi connectivity index (χ3n) is 5.80. The van der Waals surface area contributed by atoms with Gasteiger partial charge in [-0.15, -0.1) is 0 Å². The minimum absolute atomic E-state index is 0.0162. The molecule has 0 aliphatic carbocycles. The number of phenolic OH excluding ortho intramolecular Hbond substituents is 1. The number of phenols is 1. The SMILES string of the molecule is Cc1cccc(N(C)c2ccccc2)c1Pc1cc(C(C)(C)C)cc(C(C)(C)C)c1O. The summed E-state index contributed by atoms with van der Waals surface area (Å²) < 4.78 is 0. The van der Waals surface area contributed by atoms with Gasteiger partial charge in [0.1, 0.15) is 5.75 Å². The van der Waals surface area contributed by atoms with Crippen LogP contribution in [-0.2, 0) is 10.8 Å². The molecule has 3 rings (SSSR count). The van der Waals surface area contributed by atoms with Crippen molar-refractivity contribution in [1.82, 2.24) is 0 Å². The molecule has 2 nitrogen and oxygen atoms in total. The Labute approximate surface area is 190 Å². The molecule has 3 aromatic rings. The van der Waals surface area contributed by atoms with Gasteiger partial charge < -0.3 is 10.0 Å². The highest BCUT2D eigenvalue weighted by molar-refractivity contribution is 7.56. The van der Waals surface area contributed by atoms with E-state index in [1.54, 1.807) is 0 Å². The number of anilines is 2. The molecular weight excluding hydrogens is 397 g/mol. The lowest BCUT2D eigenvalue weighted by Gasteiger charge is -2.28. The van der Waals surface area contributed by atoms with Gasteiger partial charge in [0.25, 0.3) is 0 Å². The number of benzene rings is 3. The van der Waals surface area contributed by atoms with Crippen molar-refractivity contribution in [3.63, 3.8) is 0 Å². The third kappa shape index (κ3) is 5.13. The molecule has 0 amide bonds. The van der Waals surface area contributed by atoms with Gasteiger partial charge in [0.2, 0.25) is 0 Å². The molecule has 3 aromatic carbocycles. The number of rotatable bonds is 4. The lowest BCUT2D eigenvalue weighted by molar-refractivity contribution is 0.449. The number of aryl methyl sites for hydroxylation is 1. The summed E-state index contributed by atoms with van der Waals surface area (Å²) in [5, 5.41) is 13.6. The van der Waals surface area contributed by atoms with Crippen LogP contribution in [0.1, 0.15) is 58.2 Å². The van der Waals surface area contributed by atoms with Gasteiger partial charge in [-0.1, -0.05) is 86.5 Å². The number of para-hydroxylation sites is 1. The zero-order chi connectivity index (χ0) is 23.0. The molecular formula is C28H36NOP. The first-order valence-corrected chi connectivity index (χ1v) is 11.9. The molecule has 1 N–H and O–H groups in total. The van der Waals surface area contributed by atoms with E-state index in [2.05, 4.69) is 115 Å². The first-order valence-electron chi connectivity index (χ1n) is 10.9. The van der Waals surface area contributed by atoms with Gasteiger partial charge in [-0.2, -0.15) is 0 Å². The summed E-state index contributed by atoms with van der Waals surface area (Å²) in [5.74, 6) is 0.440. The molecule has 0 fully saturated rings. The molecule has 0 aliphatic heterocycles. The summed E-state index contributed by atoms with van der Waals surface area (Å²) in [4.78, 5) is 2.24. The maximum absolute atomic E-state index is 11.3. The number of hydrogen-bond acceptors (Lipinski definition) is 2. The van der Waals surface area contributed by atoms with Gasteiger partial charge in [-0.3, -0.25) is 0 Å². The molecule has 1 unspecified atom stereocenters. The summed E-state index contributed by atoms with van der Waals surface area (Å²) >= 11 is 0. The number of aromatic hydroxyl groups is 1. The first-order chi connectivity index (χ1) is 14.4. The molecule has 0 aliphatic rings. The highest BCUT2D eigenvalue weighted by Crippen LogP contribution is 2.38. The average molecular weight is 434 g/mol. The van der Waals surface area contributed by atoms with E-state index in [1.807, 2.05) is 6.07 Å². The summed E-state index contributed by atoms with van der Waals surface area (Å²) in [6, 6.07) is 21.3. The zero-order valence-electron chi connectivity index (χ0n) is 20.2. The second-order valence-electron chi connectivity index (χ2n) is 10.4. The Bertz CT molecular complexity index is 1060. The monoisotopic (exact) mass is 433 g/mol. The maximum Gasteiger partial charge on any atom is 0.127 e. The first kappa shape index (κ1) is 23.4. The average Bonchev–Trinajstić information content (AvgIpc) is 2.69. The Kier molecular flexibility index (Phi) is 6.53. The Hall–Kier alpha value is -2.31. The molecule has 0 aromatic heterocycles. The molecule has 1 atom stereocenters. The minimum atomic E-state index is -0.125. The topological polar surface area (TPSA) is 23.5 Å². The summed E-state index contributed by atoms with van der Waals surface area (Å²) in [7, 11) is 2.49. The molecule has 0 saturated heterocycles. The molecule has 31 heavy (non-hydrogen) atoms. The quantitative estimate of drug-likeness (QED) is 0.463. The van der Waals surface area contributed by atoms with Crippen LogP contribution in [0.15, 0.2) is 60.7 Å². The van der Waals surface area contributed by atoms with Crippen LogP contribution in [-0.4, -0.2) is 12.2 Å². The lowest BCUT2D eigenvalue weighted by atomic mass is 9.80. The predicted octanol–water partition coefficient (Wildman–Crippen LogP) is 6.69. The Morgan fingerprint density at radius 1 is 0.806 bits per heavy atom.